The van der Waals surface area contributed by atoms with Crippen LogP contribution in [0, 0.1) is 5.92 Å². The molecule has 0 spiro atoms. The Morgan fingerprint density at radius 3 is 2.12 bits per heavy atom. The minimum absolute atomic E-state index is 0.864. The summed E-state index contributed by atoms with van der Waals surface area (Å²) in [4.78, 5) is 0. The van der Waals surface area contributed by atoms with Crippen molar-refractivity contribution in [2.75, 3.05) is 19.6 Å². The van der Waals surface area contributed by atoms with Crippen LogP contribution in [0.2, 0.25) is 0 Å². The Bertz CT molecular complexity index is 170. The van der Waals surface area contributed by atoms with Gasteiger partial charge in [0.1, 0.15) is 0 Å². The minimum Gasteiger partial charge on any atom is -0.315 e. The quantitative estimate of drug-likeness (QED) is 0.678. The Kier molecular flexibility index (Phi) is 5.64. The van der Waals surface area contributed by atoms with Crippen molar-refractivity contribution in [3.63, 3.8) is 0 Å². The first kappa shape index (κ1) is 12.4. The minimum atomic E-state index is 0.864. The van der Waals surface area contributed by atoms with Crippen LogP contribution in [0.15, 0.2) is 0 Å². The van der Waals surface area contributed by atoms with Gasteiger partial charge in [-0.2, -0.15) is 0 Å². The van der Waals surface area contributed by atoms with Crippen molar-refractivity contribution in [1.82, 2.24) is 10.6 Å². The fourth-order valence-corrected chi connectivity index (χ4v) is 2.70. The number of hydrogen-bond donors (Lipinski definition) is 2. The zero-order valence-corrected chi connectivity index (χ0v) is 10.6. The third kappa shape index (κ3) is 5.31. The molecule has 0 unspecified atom stereocenters. The zero-order chi connectivity index (χ0) is 11.1. The molecule has 0 amide bonds. The molecule has 94 valence electrons. The van der Waals surface area contributed by atoms with Gasteiger partial charge in [0, 0.05) is 19.1 Å². The van der Waals surface area contributed by atoms with E-state index in [9.17, 15) is 0 Å². The highest BCUT2D eigenvalue weighted by molar-refractivity contribution is 4.80. The van der Waals surface area contributed by atoms with Crippen molar-refractivity contribution < 1.29 is 0 Å². The van der Waals surface area contributed by atoms with Crippen molar-refractivity contribution >= 4 is 0 Å². The highest BCUT2D eigenvalue weighted by Crippen LogP contribution is 2.21. The lowest BCUT2D eigenvalue weighted by molar-refractivity contribution is 0.361. The molecule has 0 aromatic heterocycles. The molecule has 0 heterocycles. The van der Waals surface area contributed by atoms with Crippen LogP contribution in [0.5, 0.6) is 0 Å². The Balaban J connectivity index is 1.46. The van der Waals surface area contributed by atoms with E-state index in [1.807, 2.05) is 0 Å². The summed E-state index contributed by atoms with van der Waals surface area (Å²) in [6, 6.07) is 0.864. The molecule has 2 aliphatic carbocycles. The molecule has 0 atom stereocenters. The number of hydrogen-bond acceptors (Lipinski definition) is 2. The molecule has 2 N–H and O–H groups in total. The van der Waals surface area contributed by atoms with Gasteiger partial charge in [-0.1, -0.05) is 32.1 Å². The smallest absolute Gasteiger partial charge is 0.00793 e. The summed E-state index contributed by atoms with van der Waals surface area (Å²) in [6.07, 6.45) is 13.1. The summed E-state index contributed by atoms with van der Waals surface area (Å²) in [5.74, 6) is 0.959. The van der Waals surface area contributed by atoms with E-state index in [-0.39, 0.29) is 0 Å². The second kappa shape index (κ2) is 7.29. The van der Waals surface area contributed by atoms with E-state index < -0.39 is 0 Å². The molecule has 2 saturated carbocycles. The van der Waals surface area contributed by atoms with Gasteiger partial charge >= 0.3 is 0 Å². The van der Waals surface area contributed by atoms with Crippen LogP contribution in [0.25, 0.3) is 0 Å². The fraction of sp³-hybridized carbons (Fsp3) is 1.00. The molecule has 0 aromatic carbocycles. The standard InChI is InChI=1S/C14H28N2/c1-2-4-6-13(7-5-3-1)12-15-10-11-16-14-8-9-14/h13-16H,1-12H2. The number of nitrogens with one attached hydrogen (secondary N) is 2. The highest BCUT2D eigenvalue weighted by Gasteiger charge is 2.19. The van der Waals surface area contributed by atoms with Gasteiger partial charge in [-0.15, -0.1) is 0 Å². The van der Waals surface area contributed by atoms with Crippen LogP contribution in [-0.4, -0.2) is 25.7 Å². The molecule has 2 aliphatic rings. The lowest BCUT2D eigenvalue weighted by Gasteiger charge is -2.20. The Hall–Kier alpha value is -0.0800. The van der Waals surface area contributed by atoms with Gasteiger partial charge in [0.15, 0.2) is 0 Å². The highest BCUT2D eigenvalue weighted by atomic mass is 15.0. The Labute approximate surface area is 101 Å². The predicted octanol–water partition coefficient (Wildman–Crippen LogP) is 2.69. The van der Waals surface area contributed by atoms with Crippen LogP contribution in [0.3, 0.4) is 0 Å². The molecule has 2 heteroatoms. The molecule has 16 heavy (non-hydrogen) atoms. The van der Waals surface area contributed by atoms with Crippen molar-refractivity contribution in [2.45, 2.75) is 63.8 Å². The first-order chi connectivity index (χ1) is 7.95. The topological polar surface area (TPSA) is 24.1 Å². The molecule has 0 saturated heterocycles. The molecule has 0 aromatic rings. The lowest BCUT2D eigenvalue weighted by Crippen LogP contribution is -2.31. The summed E-state index contributed by atoms with van der Waals surface area (Å²) < 4.78 is 0. The van der Waals surface area contributed by atoms with Crippen LogP contribution < -0.4 is 10.6 Å². The first-order valence-electron chi connectivity index (χ1n) is 7.39. The van der Waals surface area contributed by atoms with E-state index in [0.29, 0.717) is 0 Å². The second-order valence-electron chi connectivity index (χ2n) is 5.64. The van der Waals surface area contributed by atoms with Gasteiger partial charge in [-0.05, 0) is 38.1 Å². The maximum absolute atomic E-state index is 3.62. The van der Waals surface area contributed by atoms with E-state index in [0.717, 1.165) is 25.0 Å². The van der Waals surface area contributed by atoms with E-state index in [1.165, 1.54) is 64.3 Å². The van der Waals surface area contributed by atoms with Gasteiger partial charge < -0.3 is 10.6 Å². The van der Waals surface area contributed by atoms with Crippen molar-refractivity contribution in [3.05, 3.63) is 0 Å². The van der Waals surface area contributed by atoms with Crippen LogP contribution >= 0.6 is 0 Å². The first-order valence-corrected chi connectivity index (χ1v) is 7.39. The van der Waals surface area contributed by atoms with Crippen LogP contribution in [0.4, 0.5) is 0 Å². The SMILES string of the molecule is C1CCCC(CNCCNC2CC2)CCC1. The predicted molar refractivity (Wildman–Crippen MR) is 69.7 cm³/mol. The van der Waals surface area contributed by atoms with Crippen LogP contribution in [-0.2, 0) is 0 Å². The number of rotatable bonds is 6. The molecular formula is C14H28N2. The zero-order valence-electron chi connectivity index (χ0n) is 10.6. The lowest BCUT2D eigenvalue weighted by atomic mass is 9.91. The summed E-state index contributed by atoms with van der Waals surface area (Å²) in [6.45, 7) is 3.58. The fourth-order valence-electron chi connectivity index (χ4n) is 2.70. The largest absolute Gasteiger partial charge is 0.315 e. The molecule has 2 nitrogen and oxygen atoms in total. The van der Waals surface area contributed by atoms with E-state index in [1.54, 1.807) is 0 Å². The van der Waals surface area contributed by atoms with Crippen molar-refractivity contribution in [2.24, 2.45) is 5.92 Å². The molecular weight excluding hydrogens is 196 g/mol. The average molecular weight is 224 g/mol. The van der Waals surface area contributed by atoms with Crippen molar-refractivity contribution in [3.8, 4) is 0 Å². The normalized spacial score (nSPS) is 24.0. The van der Waals surface area contributed by atoms with Gasteiger partial charge in [0.05, 0.1) is 0 Å². The van der Waals surface area contributed by atoms with Crippen LogP contribution in [0.1, 0.15) is 57.8 Å². The van der Waals surface area contributed by atoms with Gasteiger partial charge in [-0.25, -0.2) is 0 Å². The summed E-state index contributed by atoms with van der Waals surface area (Å²) in [5.41, 5.74) is 0. The molecule has 2 fully saturated rings. The summed E-state index contributed by atoms with van der Waals surface area (Å²) >= 11 is 0. The maximum atomic E-state index is 3.62. The molecule has 0 bridgehead atoms. The van der Waals surface area contributed by atoms with Gasteiger partial charge in [0.25, 0.3) is 0 Å². The maximum Gasteiger partial charge on any atom is 0.00793 e. The second-order valence-corrected chi connectivity index (χ2v) is 5.64. The molecule has 0 aliphatic heterocycles. The molecule has 2 rings (SSSR count). The summed E-state index contributed by atoms with van der Waals surface area (Å²) in [5, 5.41) is 7.18. The Morgan fingerprint density at radius 2 is 1.44 bits per heavy atom. The Morgan fingerprint density at radius 1 is 0.750 bits per heavy atom. The van der Waals surface area contributed by atoms with E-state index in [4.69, 9.17) is 0 Å². The van der Waals surface area contributed by atoms with E-state index >= 15 is 0 Å². The summed E-state index contributed by atoms with van der Waals surface area (Å²) in [7, 11) is 0. The van der Waals surface area contributed by atoms with Crippen molar-refractivity contribution in [1.29, 1.82) is 0 Å². The van der Waals surface area contributed by atoms with Gasteiger partial charge in [0.2, 0.25) is 0 Å². The third-order valence-corrected chi connectivity index (χ3v) is 3.97. The monoisotopic (exact) mass is 224 g/mol. The van der Waals surface area contributed by atoms with Gasteiger partial charge in [-0.3, -0.25) is 0 Å². The van der Waals surface area contributed by atoms with E-state index in [2.05, 4.69) is 10.6 Å². The average Bonchev–Trinajstić information content (AvgIpc) is 3.04. The third-order valence-electron chi connectivity index (χ3n) is 3.97. The molecule has 0 radical (unpaired) electrons.